The number of piperidine rings is 2. The van der Waals surface area contributed by atoms with Gasteiger partial charge in [0.05, 0.1) is 5.41 Å². The first-order valence-electron chi connectivity index (χ1n) is 15.7. The third kappa shape index (κ3) is 7.98. The maximum absolute atomic E-state index is 13.8. The van der Waals surface area contributed by atoms with Crippen molar-refractivity contribution in [3.8, 4) is 0 Å². The summed E-state index contributed by atoms with van der Waals surface area (Å²) in [6.45, 7) is 5.48. The minimum Gasteiger partial charge on any atom is -0.465 e. The number of rotatable bonds is 7. The fraction of sp³-hybridized carbons (Fsp3) is 0.444. The van der Waals surface area contributed by atoms with Gasteiger partial charge in [0.1, 0.15) is 0 Å². The minimum atomic E-state index is -0.904. The molecule has 2 atom stereocenters. The van der Waals surface area contributed by atoms with E-state index in [0.29, 0.717) is 18.4 Å². The molecule has 1 aliphatic carbocycles. The standard InChI is InChI=1S/C27H33ClN2O.C9H11NO2/c28-24-11-9-21(10-12-24)25-19-22(25)20-29-17-13-27(14-18-29,23-7-3-1-4-8-23)26(31)30-15-5-2-6-16-30;1-10(9(11)12)7-8-5-3-2-4-6-8/h1,3-4,7-12,22,25H,2,5-6,13-20H2;2-6H,7H2,1H3,(H,11,12)/t22-,25+;/m0./s1. The van der Waals surface area contributed by atoms with Crippen molar-refractivity contribution in [1.29, 1.82) is 0 Å². The van der Waals surface area contributed by atoms with Crippen molar-refractivity contribution >= 4 is 23.6 Å². The zero-order chi connectivity index (χ0) is 30.2. The molecule has 2 heterocycles. The summed E-state index contributed by atoms with van der Waals surface area (Å²) in [7, 11) is 1.55. The van der Waals surface area contributed by atoms with E-state index >= 15 is 0 Å². The molecule has 3 aromatic carbocycles. The highest BCUT2D eigenvalue weighted by Crippen LogP contribution is 2.49. The lowest BCUT2D eigenvalue weighted by atomic mass is 9.71. The molecule has 2 saturated heterocycles. The van der Waals surface area contributed by atoms with Gasteiger partial charge in [0, 0.05) is 38.2 Å². The summed E-state index contributed by atoms with van der Waals surface area (Å²) < 4.78 is 0. The molecule has 228 valence electrons. The Balaban J connectivity index is 0.000000259. The number of nitrogens with zero attached hydrogens (tertiary/aromatic N) is 3. The first-order chi connectivity index (χ1) is 20.9. The van der Waals surface area contributed by atoms with Crippen LogP contribution < -0.4 is 0 Å². The van der Waals surface area contributed by atoms with Crippen molar-refractivity contribution in [2.75, 3.05) is 39.8 Å². The molecule has 2 aliphatic heterocycles. The van der Waals surface area contributed by atoms with Crippen molar-refractivity contribution in [1.82, 2.24) is 14.7 Å². The van der Waals surface area contributed by atoms with Crippen LogP contribution in [0.2, 0.25) is 5.02 Å². The summed E-state index contributed by atoms with van der Waals surface area (Å²) in [5.74, 6) is 1.79. The van der Waals surface area contributed by atoms with Crippen molar-refractivity contribution in [2.24, 2.45) is 5.92 Å². The largest absolute Gasteiger partial charge is 0.465 e. The zero-order valence-electron chi connectivity index (χ0n) is 25.2. The first-order valence-corrected chi connectivity index (χ1v) is 16.0. The van der Waals surface area contributed by atoms with E-state index in [4.69, 9.17) is 16.7 Å². The molecule has 0 radical (unpaired) electrons. The van der Waals surface area contributed by atoms with E-state index in [0.717, 1.165) is 74.9 Å². The summed E-state index contributed by atoms with van der Waals surface area (Å²) in [6.07, 6.45) is 5.79. The Kier molecular flexibility index (Phi) is 10.4. The van der Waals surface area contributed by atoms with Gasteiger partial charge in [-0.25, -0.2) is 4.79 Å². The van der Waals surface area contributed by atoms with Crippen molar-refractivity contribution in [3.63, 3.8) is 0 Å². The molecule has 3 fully saturated rings. The molecule has 43 heavy (non-hydrogen) atoms. The van der Waals surface area contributed by atoms with Crippen LogP contribution >= 0.6 is 11.6 Å². The Morgan fingerprint density at radius 3 is 2.07 bits per heavy atom. The molecule has 6 rings (SSSR count). The van der Waals surface area contributed by atoms with Crippen LogP contribution in [0.25, 0.3) is 0 Å². The maximum Gasteiger partial charge on any atom is 0.407 e. The van der Waals surface area contributed by atoms with Gasteiger partial charge in [-0.1, -0.05) is 84.4 Å². The van der Waals surface area contributed by atoms with Crippen molar-refractivity contribution in [3.05, 3.63) is 107 Å². The van der Waals surface area contributed by atoms with E-state index in [2.05, 4.69) is 52.3 Å². The van der Waals surface area contributed by atoms with Gasteiger partial charge >= 0.3 is 6.09 Å². The fourth-order valence-electron chi connectivity index (χ4n) is 6.72. The Bertz CT molecular complexity index is 1320. The second kappa shape index (κ2) is 14.4. The predicted molar refractivity (Wildman–Crippen MR) is 172 cm³/mol. The van der Waals surface area contributed by atoms with Gasteiger partial charge in [-0.2, -0.15) is 0 Å². The lowest BCUT2D eigenvalue weighted by Gasteiger charge is -2.44. The third-order valence-corrected chi connectivity index (χ3v) is 9.64. The van der Waals surface area contributed by atoms with E-state index in [1.165, 1.54) is 28.9 Å². The van der Waals surface area contributed by atoms with Crippen LogP contribution in [-0.2, 0) is 16.8 Å². The summed E-state index contributed by atoms with van der Waals surface area (Å²) >= 11 is 6.05. The topological polar surface area (TPSA) is 64.1 Å². The van der Waals surface area contributed by atoms with Crippen LogP contribution in [0.3, 0.4) is 0 Å². The van der Waals surface area contributed by atoms with Crippen LogP contribution in [0.4, 0.5) is 4.79 Å². The van der Waals surface area contributed by atoms with Crippen molar-refractivity contribution in [2.45, 2.75) is 56.4 Å². The number of amides is 2. The number of hydrogen-bond acceptors (Lipinski definition) is 3. The number of hydrogen-bond donors (Lipinski definition) is 1. The van der Waals surface area contributed by atoms with Gasteiger partial charge in [0.15, 0.2) is 0 Å². The number of likely N-dealkylation sites (tertiary alicyclic amines) is 2. The molecule has 2 amide bonds. The second-order valence-corrected chi connectivity index (χ2v) is 12.8. The zero-order valence-corrected chi connectivity index (χ0v) is 26.0. The van der Waals surface area contributed by atoms with E-state index in [1.54, 1.807) is 7.05 Å². The minimum absolute atomic E-state index is 0.339. The number of carbonyl (C=O) groups excluding carboxylic acids is 1. The monoisotopic (exact) mass is 601 g/mol. The summed E-state index contributed by atoms with van der Waals surface area (Å²) in [6, 6.07) is 28.5. The molecule has 3 aromatic rings. The molecule has 1 N–H and O–H groups in total. The van der Waals surface area contributed by atoms with E-state index in [1.807, 2.05) is 42.5 Å². The van der Waals surface area contributed by atoms with Gasteiger partial charge < -0.3 is 19.8 Å². The van der Waals surface area contributed by atoms with Gasteiger partial charge in [-0.05, 0) is 92.3 Å². The third-order valence-electron chi connectivity index (χ3n) is 9.39. The van der Waals surface area contributed by atoms with Crippen LogP contribution in [0.5, 0.6) is 0 Å². The molecular formula is C36H44ClN3O3. The average Bonchev–Trinajstić information content (AvgIpc) is 3.82. The quantitative estimate of drug-likeness (QED) is 0.309. The van der Waals surface area contributed by atoms with Crippen LogP contribution in [0, 0.1) is 5.92 Å². The average molecular weight is 602 g/mol. The summed E-state index contributed by atoms with van der Waals surface area (Å²) in [5.41, 5.74) is 3.30. The highest BCUT2D eigenvalue weighted by atomic mass is 35.5. The molecule has 0 spiro atoms. The molecule has 0 aromatic heterocycles. The van der Waals surface area contributed by atoms with Crippen molar-refractivity contribution < 1.29 is 14.7 Å². The highest BCUT2D eigenvalue weighted by Gasteiger charge is 2.46. The molecular weight excluding hydrogens is 558 g/mol. The molecule has 0 bridgehead atoms. The lowest BCUT2D eigenvalue weighted by Crippen LogP contribution is -2.54. The molecule has 7 heteroatoms. The number of halogens is 1. The molecule has 3 aliphatic rings. The normalized spacial score (nSPS) is 21.3. The van der Waals surface area contributed by atoms with E-state index in [9.17, 15) is 9.59 Å². The van der Waals surface area contributed by atoms with Gasteiger partial charge in [-0.3, -0.25) is 4.79 Å². The van der Waals surface area contributed by atoms with E-state index in [-0.39, 0.29) is 5.41 Å². The van der Waals surface area contributed by atoms with Gasteiger partial charge in [0.25, 0.3) is 0 Å². The Morgan fingerprint density at radius 1 is 0.860 bits per heavy atom. The number of benzene rings is 3. The van der Waals surface area contributed by atoms with Gasteiger partial charge in [0.2, 0.25) is 5.91 Å². The maximum atomic E-state index is 13.8. The molecule has 1 saturated carbocycles. The van der Waals surface area contributed by atoms with E-state index < -0.39 is 6.09 Å². The summed E-state index contributed by atoms with van der Waals surface area (Å²) in [4.78, 5) is 30.2. The van der Waals surface area contributed by atoms with Gasteiger partial charge in [-0.15, -0.1) is 0 Å². The predicted octanol–water partition coefficient (Wildman–Crippen LogP) is 7.29. The second-order valence-electron chi connectivity index (χ2n) is 12.4. The number of carboxylic acid groups (broad SMARTS) is 1. The highest BCUT2D eigenvalue weighted by molar-refractivity contribution is 6.30. The van der Waals surface area contributed by atoms with Crippen LogP contribution in [0.15, 0.2) is 84.9 Å². The fourth-order valence-corrected chi connectivity index (χ4v) is 6.85. The SMILES string of the molecule is CN(Cc1ccccc1)C(=O)O.O=C(N1CCCCC1)C1(c2ccccc2)CCN(C[C@@H]2C[C@@H]2c2ccc(Cl)cc2)CC1. The Labute approximate surface area is 261 Å². The molecule has 0 unspecified atom stereocenters. The van der Waals surface area contributed by atoms with Crippen LogP contribution in [-0.4, -0.2) is 71.6 Å². The number of carbonyl (C=O) groups is 2. The Morgan fingerprint density at radius 2 is 1.47 bits per heavy atom. The summed E-state index contributed by atoms with van der Waals surface area (Å²) in [5, 5.41) is 9.38. The first kappa shape index (κ1) is 31.1. The molecule has 6 nitrogen and oxygen atoms in total. The van der Waals surface area contributed by atoms with Crippen LogP contribution in [0.1, 0.15) is 61.1 Å². The lowest BCUT2D eigenvalue weighted by molar-refractivity contribution is -0.140. The Hall–Kier alpha value is -3.35. The smallest absolute Gasteiger partial charge is 0.407 e.